The molecule has 1 rings (SSSR count). The number of ether oxygens (including phenoxy) is 1. The van der Waals surface area contributed by atoms with Gasteiger partial charge in [0.15, 0.2) is 0 Å². The summed E-state index contributed by atoms with van der Waals surface area (Å²) in [6.45, 7) is 6.42. The largest absolute Gasteiger partial charge is 0.494 e. The minimum absolute atomic E-state index is 0.0566. The first kappa shape index (κ1) is 15.5. The van der Waals surface area contributed by atoms with Crippen molar-refractivity contribution >= 4 is 0 Å². The summed E-state index contributed by atoms with van der Waals surface area (Å²) in [5, 5.41) is 12.0. The molecule has 0 aliphatic rings. The van der Waals surface area contributed by atoms with Gasteiger partial charge in [0.2, 0.25) is 0 Å². The average molecular weight is 260 g/mol. The van der Waals surface area contributed by atoms with Gasteiger partial charge in [0.25, 0.3) is 0 Å². The van der Waals surface area contributed by atoms with E-state index in [1.807, 2.05) is 19.1 Å². The fourth-order valence-electron chi connectivity index (χ4n) is 1.72. The van der Waals surface area contributed by atoms with Crippen LogP contribution in [-0.4, -0.2) is 13.2 Å². The SMILES string of the molecule is CCCCCOc1ccc(CNCC(C)C#N)cc1. The molecule has 1 aromatic carbocycles. The van der Waals surface area contributed by atoms with Crippen LogP contribution in [-0.2, 0) is 6.54 Å². The lowest BCUT2D eigenvalue weighted by molar-refractivity contribution is 0.306. The number of rotatable bonds is 9. The minimum Gasteiger partial charge on any atom is -0.494 e. The first-order valence-electron chi connectivity index (χ1n) is 7.08. The van der Waals surface area contributed by atoms with Gasteiger partial charge < -0.3 is 10.1 Å². The molecule has 0 aliphatic carbocycles. The lowest BCUT2D eigenvalue weighted by atomic mass is 10.2. The van der Waals surface area contributed by atoms with Gasteiger partial charge in [-0.1, -0.05) is 31.9 Å². The van der Waals surface area contributed by atoms with Crippen LogP contribution < -0.4 is 10.1 Å². The molecule has 0 heterocycles. The minimum atomic E-state index is 0.0566. The van der Waals surface area contributed by atoms with E-state index in [1.54, 1.807) is 0 Å². The molecule has 0 spiro atoms. The molecular formula is C16H24N2O. The van der Waals surface area contributed by atoms with Crippen LogP contribution in [0.2, 0.25) is 0 Å². The Hall–Kier alpha value is -1.53. The van der Waals surface area contributed by atoms with Gasteiger partial charge in [-0.25, -0.2) is 0 Å². The highest BCUT2D eigenvalue weighted by atomic mass is 16.5. The number of hydrogen-bond donors (Lipinski definition) is 1. The molecule has 1 unspecified atom stereocenters. The van der Waals surface area contributed by atoms with Crippen LogP contribution in [0, 0.1) is 17.2 Å². The number of hydrogen-bond acceptors (Lipinski definition) is 3. The van der Waals surface area contributed by atoms with Gasteiger partial charge in [0, 0.05) is 13.1 Å². The van der Waals surface area contributed by atoms with E-state index in [4.69, 9.17) is 10.00 Å². The maximum Gasteiger partial charge on any atom is 0.119 e. The van der Waals surface area contributed by atoms with Gasteiger partial charge in [-0.2, -0.15) is 5.26 Å². The molecule has 0 radical (unpaired) electrons. The predicted molar refractivity (Wildman–Crippen MR) is 77.9 cm³/mol. The molecule has 0 aliphatic heterocycles. The van der Waals surface area contributed by atoms with Crippen molar-refractivity contribution in [3.8, 4) is 11.8 Å². The molecule has 3 heteroatoms. The van der Waals surface area contributed by atoms with E-state index in [-0.39, 0.29) is 5.92 Å². The summed E-state index contributed by atoms with van der Waals surface area (Å²) >= 11 is 0. The molecule has 1 N–H and O–H groups in total. The van der Waals surface area contributed by atoms with Crippen LogP contribution in [0.5, 0.6) is 5.75 Å². The van der Waals surface area contributed by atoms with Crippen LogP contribution in [0.15, 0.2) is 24.3 Å². The summed E-state index contributed by atoms with van der Waals surface area (Å²) in [7, 11) is 0. The highest BCUT2D eigenvalue weighted by molar-refractivity contribution is 5.27. The Morgan fingerprint density at radius 2 is 2.00 bits per heavy atom. The van der Waals surface area contributed by atoms with Crippen molar-refractivity contribution in [1.29, 1.82) is 5.26 Å². The Morgan fingerprint density at radius 1 is 1.26 bits per heavy atom. The molecule has 0 aromatic heterocycles. The van der Waals surface area contributed by atoms with Gasteiger partial charge in [0.05, 0.1) is 18.6 Å². The Labute approximate surface area is 116 Å². The lowest BCUT2D eigenvalue weighted by Gasteiger charge is -2.08. The van der Waals surface area contributed by atoms with E-state index in [0.29, 0.717) is 0 Å². The molecule has 1 aromatic rings. The summed E-state index contributed by atoms with van der Waals surface area (Å²) in [6.07, 6.45) is 3.56. The van der Waals surface area contributed by atoms with Crippen molar-refractivity contribution in [2.75, 3.05) is 13.2 Å². The molecule has 0 saturated carbocycles. The second-order valence-corrected chi connectivity index (χ2v) is 4.86. The number of nitriles is 1. The predicted octanol–water partition coefficient (Wildman–Crippen LogP) is 3.50. The molecule has 1 atom stereocenters. The molecule has 0 fully saturated rings. The maximum absolute atomic E-state index is 8.68. The zero-order chi connectivity index (χ0) is 13.9. The maximum atomic E-state index is 8.68. The third kappa shape index (κ3) is 6.83. The molecule has 3 nitrogen and oxygen atoms in total. The van der Waals surface area contributed by atoms with Crippen molar-refractivity contribution in [3.05, 3.63) is 29.8 Å². The molecule has 0 saturated heterocycles. The fourth-order valence-corrected chi connectivity index (χ4v) is 1.72. The molecular weight excluding hydrogens is 236 g/mol. The van der Waals surface area contributed by atoms with E-state index in [2.05, 4.69) is 30.4 Å². The summed E-state index contributed by atoms with van der Waals surface area (Å²) in [6, 6.07) is 10.4. The number of nitrogens with one attached hydrogen (secondary N) is 1. The van der Waals surface area contributed by atoms with Crippen LogP contribution in [0.25, 0.3) is 0 Å². The van der Waals surface area contributed by atoms with Crippen LogP contribution >= 0.6 is 0 Å². The quantitative estimate of drug-likeness (QED) is 0.691. The van der Waals surface area contributed by atoms with E-state index in [9.17, 15) is 0 Å². The summed E-state index contributed by atoms with van der Waals surface area (Å²) in [5.41, 5.74) is 1.21. The second-order valence-electron chi connectivity index (χ2n) is 4.86. The number of benzene rings is 1. The van der Waals surface area contributed by atoms with Gasteiger partial charge in [-0.15, -0.1) is 0 Å². The Morgan fingerprint density at radius 3 is 2.63 bits per heavy atom. The smallest absolute Gasteiger partial charge is 0.119 e. The highest BCUT2D eigenvalue weighted by Crippen LogP contribution is 2.12. The van der Waals surface area contributed by atoms with Crippen LogP contribution in [0.1, 0.15) is 38.7 Å². The normalized spacial score (nSPS) is 11.8. The van der Waals surface area contributed by atoms with Gasteiger partial charge in [-0.3, -0.25) is 0 Å². The first-order valence-corrected chi connectivity index (χ1v) is 7.08. The summed E-state index contributed by atoms with van der Waals surface area (Å²) in [4.78, 5) is 0. The van der Waals surface area contributed by atoms with Crippen LogP contribution in [0.3, 0.4) is 0 Å². The lowest BCUT2D eigenvalue weighted by Crippen LogP contribution is -2.19. The molecule has 19 heavy (non-hydrogen) atoms. The molecule has 0 amide bonds. The summed E-state index contributed by atoms with van der Waals surface area (Å²) in [5.74, 6) is 0.992. The monoisotopic (exact) mass is 260 g/mol. The van der Waals surface area contributed by atoms with Crippen LogP contribution in [0.4, 0.5) is 0 Å². The third-order valence-corrected chi connectivity index (χ3v) is 2.94. The Kier molecular flexibility index (Phi) is 7.69. The van der Waals surface area contributed by atoms with Crippen molar-refractivity contribution < 1.29 is 4.74 Å². The molecule has 0 bridgehead atoms. The summed E-state index contributed by atoms with van der Waals surface area (Å²) < 4.78 is 5.66. The van der Waals surface area contributed by atoms with Crippen molar-refractivity contribution in [2.24, 2.45) is 5.92 Å². The van der Waals surface area contributed by atoms with E-state index in [0.717, 1.165) is 31.9 Å². The Balaban J connectivity index is 2.25. The number of nitrogens with zero attached hydrogens (tertiary/aromatic N) is 1. The third-order valence-electron chi connectivity index (χ3n) is 2.94. The van der Waals surface area contributed by atoms with Gasteiger partial charge >= 0.3 is 0 Å². The Bertz CT molecular complexity index is 381. The standard InChI is InChI=1S/C16H24N2O/c1-3-4-5-10-19-16-8-6-15(7-9-16)13-18-12-14(2)11-17/h6-9,14,18H,3-5,10,12-13H2,1-2H3. The first-order chi connectivity index (χ1) is 9.26. The van der Waals surface area contributed by atoms with E-state index < -0.39 is 0 Å². The van der Waals surface area contributed by atoms with Crippen molar-refractivity contribution in [3.63, 3.8) is 0 Å². The van der Waals surface area contributed by atoms with Crippen molar-refractivity contribution in [1.82, 2.24) is 5.32 Å². The average Bonchev–Trinajstić information content (AvgIpc) is 2.45. The van der Waals surface area contributed by atoms with E-state index >= 15 is 0 Å². The van der Waals surface area contributed by atoms with Crippen molar-refractivity contribution in [2.45, 2.75) is 39.7 Å². The zero-order valence-corrected chi connectivity index (χ0v) is 12.0. The topological polar surface area (TPSA) is 45.0 Å². The van der Waals surface area contributed by atoms with Gasteiger partial charge in [-0.05, 0) is 31.0 Å². The highest BCUT2D eigenvalue weighted by Gasteiger charge is 1.99. The zero-order valence-electron chi connectivity index (χ0n) is 12.0. The fraction of sp³-hybridized carbons (Fsp3) is 0.562. The second kappa shape index (κ2) is 9.41. The van der Waals surface area contributed by atoms with E-state index in [1.165, 1.54) is 18.4 Å². The number of unbranched alkanes of at least 4 members (excludes halogenated alkanes) is 2. The molecule has 104 valence electrons. The van der Waals surface area contributed by atoms with Gasteiger partial charge in [0.1, 0.15) is 5.75 Å².